The van der Waals surface area contributed by atoms with Crippen LogP contribution in [0.3, 0.4) is 0 Å². The van der Waals surface area contributed by atoms with Gasteiger partial charge in [0.2, 0.25) is 0 Å². The van der Waals surface area contributed by atoms with Crippen LogP contribution in [0, 0.1) is 11.3 Å². The molecule has 0 aliphatic carbocycles. The first-order valence-corrected chi connectivity index (χ1v) is 7.75. The molecule has 1 rings (SSSR count). The Balaban J connectivity index is 2.91. The predicted molar refractivity (Wildman–Crippen MR) is 75.8 cm³/mol. The highest BCUT2D eigenvalue weighted by Crippen LogP contribution is 2.49. The first-order chi connectivity index (χ1) is 10.1. The van der Waals surface area contributed by atoms with Crippen molar-refractivity contribution in [1.29, 1.82) is 5.26 Å². The summed E-state index contributed by atoms with van der Waals surface area (Å²) >= 11 is 0. The van der Waals surface area contributed by atoms with Gasteiger partial charge in [-0.25, -0.2) is 4.79 Å². The normalized spacial score (nSPS) is 11.8. The van der Waals surface area contributed by atoms with Crippen LogP contribution in [-0.4, -0.2) is 24.6 Å². The lowest BCUT2D eigenvalue weighted by atomic mass is 10.2. The number of hydrogen-bond acceptors (Lipinski definition) is 7. The summed E-state index contributed by atoms with van der Waals surface area (Å²) in [5.41, 5.74) is -0.350. The van der Waals surface area contributed by atoms with Crippen LogP contribution >= 0.6 is 7.60 Å². The summed E-state index contributed by atoms with van der Waals surface area (Å²) in [7, 11) is -3.87. The summed E-state index contributed by atoms with van der Waals surface area (Å²) in [6.07, 6.45) is 0. The van der Waals surface area contributed by atoms with Crippen LogP contribution < -0.4 is 0 Å². The molecule has 0 saturated carbocycles. The molecule has 0 aliphatic heterocycles. The van der Waals surface area contributed by atoms with Gasteiger partial charge in [-0.2, -0.15) is 5.26 Å². The van der Waals surface area contributed by atoms with E-state index >= 15 is 0 Å². The average Bonchev–Trinajstić information content (AvgIpc) is 2.49. The zero-order chi connectivity index (χ0) is 15.7. The van der Waals surface area contributed by atoms with E-state index < -0.39 is 19.0 Å². The molecule has 0 aliphatic rings. The second kappa shape index (κ2) is 8.32. The number of nitrogens with zero attached hydrogens (tertiary/aromatic N) is 2. The molecule has 1 aromatic carbocycles. The third-order valence-corrected chi connectivity index (χ3v) is 4.08. The molecule has 0 saturated heterocycles. The highest BCUT2D eigenvalue weighted by atomic mass is 31.2. The zero-order valence-corrected chi connectivity index (χ0v) is 12.6. The molecule has 0 amide bonds. The number of hydrogen-bond donors (Lipinski definition) is 0. The molecular formula is C13H15N2O5P. The molecule has 0 heterocycles. The van der Waals surface area contributed by atoms with Gasteiger partial charge < -0.3 is 13.9 Å². The van der Waals surface area contributed by atoms with E-state index in [9.17, 15) is 9.36 Å². The van der Waals surface area contributed by atoms with Crippen LogP contribution in [0.4, 0.5) is 0 Å². The summed E-state index contributed by atoms with van der Waals surface area (Å²) in [6, 6.07) is 9.66. The van der Waals surface area contributed by atoms with E-state index in [-0.39, 0.29) is 18.8 Å². The molecule has 0 atom stereocenters. The smallest absolute Gasteiger partial charge is 0.311 e. The van der Waals surface area contributed by atoms with Gasteiger partial charge in [0.1, 0.15) is 6.07 Å². The number of carbonyl (C=O) groups excluding carboxylic acids is 1. The van der Waals surface area contributed by atoms with Gasteiger partial charge in [0.25, 0.3) is 5.45 Å². The molecule has 0 radical (unpaired) electrons. The van der Waals surface area contributed by atoms with E-state index in [1.54, 1.807) is 38.1 Å². The van der Waals surface area contributed by atoms with Crippen LogP contribution in [0.15, 0.2) is 35.5 Å². The standard InChI is InChI=1S/C13H15N2O5P/c1-3-18-21(17,19-4-2)12(10-14)15-20-13(16)11-8-6-5-7-9-11/h5-9H,3-4H2,1-2H3/b15-12+. The van der Waals surface area contributed by atoms with E-state index in [0.717, 1.165) is 0 Å². The SMILES string of the molecule is CCOP(=O)(OCC)/C(C#N)=N/OC(=O)c1ccccc1. The Labute approximate surface area is 122 Å². The van der Waals surface area contributed by atoms with E-state index in [1.807, 2.05) is 0 Å². The van der Waals surface area contributed by atoms with Crippen molar-refractivity contribution in [3.63, 3.8) is 0 Å². The van der Waals surface area contributed by atoms with Gasteiger partial charge in [0.15, 0.2) is 0 Å². The Kier molecular flexibility index (Phi) is 6.76. The summed E-state index contributed by atoms with van der Waals surface area (Å²) < 4.78 is 22.2. The topological polar surface area (TPSA) is 98.0 Å². The van der Waals surface area contributed by atoms with Crippen LogP contribution in [0.25, 0.3) is 0 Å². The Morgan fingerprint density at radius 1 is 1.24 bits per heavy atom. The minimum atomic E-state index is -3.87. The molecule has 8 heteroatoms. The van der Waals surface area contributed by atoms with Crippen LogP contribution in [0.2, 0.25) is 0 Å². The van der Waals surface area contributed by atoms with Gasteiger partial charge in [0, 0.05) is 0 Å². The van der Waals surface area contributed by atoms with Crippen molar-refractivity contribution in [3.8, 4) is 6.07 Å². The zero-order valence-electron chi connectivity index (χ0n) is 11.7. The van der Waals surface area contributed by atoms with Gasteiger partial charge in [-0.05, 0) is 26.0 Å². The number of oxime groups is 1. The molecule has 21 heavy (non-hydrogen) atoms. The van der Waals surface area contributed by atoms with Gasteiger partial charge in [-0.15, -0.1) is 0 Å². The average molecular weight is 310 g/mol. The van der Waals surface area contributed by atoms with E-state index in [4.69, 9.17) is 14.3 Å². The monoisotopic (exact) mass is 310 g/mol. The van der Waals surface area contributed by atoms with Gasteiger partial charge in [-0.1, -0.05) is 23.4 Å². The lowest BCUT2D eigenvalue weighted by molar-refractivity contribution is 0.0517. The first-order valence-electron chi connectivity index (χ1n) is 6.21. The highest BCUT2D eigenvalue weighted by molar-refractivity contribution is 7.73. The fourth-order valence-electron chi connectivity index (χ4n) is 1.34. The van der Waals surface area contributed by atoms with Crippen LogP contribution in [-0.2, 0) is 18.5 Å². The highest BCUT2D eigenvalue weighted by Gasteiger charge is 2.33. The van der Waals surface area contributed by atoms with E-state index in [0.29, 0.717) is 0 Å². The molecular weight excluding hydrogens is 295 g/mol. The Morgan fingerprint density at radius 2 is 1.81 bits per heavy atom. The van der Waals surface area contributed by atoms with Crippen LogP contribution in [0.5, 0.6) is 0 Å². The number of carbonyl (C=O) groups is 1. The predicted octanol–water partition coefficient (Wildman–Crippen LogP) is 2.95. The number of nitriles is 1. The molecule has 112 valence electrons. The van der Waals surface area contributed by atoms with Crippen molar-refractivity contribution < 1.29 is 23.2 Å². The number of rotatable bonds is 7. The molecule has 0 aromatic heterocycles. The summed E-state index contributed by atoms with van der Waals surface area (Å²) in [6.45, 7) is 3.31. The Hall–Kier alpha value is -2.00. The molecule has 0 bridgehead atoms. The van der Waals surface area contributed by atoms with Gasteiger partial charge in [0.05, 0.1) is 18.8 Å². The summed E-state index contributed by atoms with van der Waals surface area (Å²) in [4.78, 5) is 16.3. The molecule has 0 N–H and O–H groups in total. The number of benzene rings is 1. The third-order valence-electron chi connectivity index (χ3n) is 2.18. The minimum Gasteiger partial charge on any atom is -0.311 e. The van der Waals surface area contributed by atoms with E-state index in [1.165, 1.54) is 12.1 Å². The van der Waals surface area contributed by atoms with E-state index in [2.05, 4.69) is 9.99 Å². The van der Waals surface area contributed by atoms with Crippen molar-refractivity contribution in [1.82, 2.24) is 0 Å². The fraction of sp³-hybridized carbons (Fsp3) is 0.308. The molecule has 0 unspecified atom stereocenters. The van der Waals surface area contributed by atoms with Crippen molar-refractivity contribution in [2.45, 2.75) is 13.8 Å². The lowest BCUT2D eigenvalue weighted by Gasteiger charge is -2.13. The largest absolute Gasteiger partial charge is 0.393 e. The van der Waals surface area contributed by atoms with Crippen LogP contribution in [0.1, 0.15) is 24.2 Å². The molecule has 1 aromatic rings. The first kappa shape index (κ1) is 17.1. The lowest BCUT2D eigenvalue weighted by Crippen LogP contribution is -2.08. The maximum absolute atomic E-state index is 12.3. The van der Waals surface area contributed by atoms with Crippen molar-refractivity contribution in [2.75, 3.05) is 13.2 Å². The third kappa shape index (κ3) is 4.80. The van der Waals surface area contributed by atoms with Gasteiger partial charge >= 0.3 is 13.6 Å². The van der Waals surface area contributed by atoms with Crippen molar-refractivity contribution in [3.05, 3.63) is 35.9 Å². The summed E-state index contributed by atoms with van der Waals surface area (Å²) in [5, 5.41) is 12.3. The maximum atomic E-state index is 12.3. The second-order valence-electron chi connectivity index (χ2n) is 3.60. The maximum Gasteiger partial charge on any atom is 0.393 e. The fourth-order valence-corrected chi connectivity index (χ4v) is 2.60. The summed E-state index contributed by atoms with van der Waals surface area (Å²) in [5.74, 6) is -0.775. The second-order valence-corrected chi connectivity index (χ2v) is 5.54. The quantitative estimate of drug-likeness (QED) is 0.332. The molecule has 0 spiro atoms. The minimum absolute atomic E-state index is 0.0601. The van der Waals surface area contributed by atoms with Crippen molar-refractivity contribution in [2.24, 2.45) is 5.16 Å². The molecule has 0 fully saturated rings. The van der Waals surface area contributed by atoms with Gasteiger partial charge in [-0.3, -0.25) is 4.57 Å². The molecule has 7 nitrogen and oxygen atoms in total. The Bertz CT molecular complexity index is 584. The Morgan fingerprint density at radius 3 is 2.29 bits per heavy atom. The van der Waals surface area contributed by atoms with Crippen molar-refractivity contribution >= 4 is 19.0 Å².